The van der Waals surface area contributed by atoms with Crippen molar-refractivity contribution in [3.05, 3.63) is 23.0 Å². The number of aromatic nitrogens is 1. The van der Waals surface area contributed by atoms with Gasteiger partial charge in [0, 0.05) is 24.8 Å². The Morgan fingerprint density at radius 2 is 2.28 bits per heavy atom. The molecule has 3 N–H and O–H groups in total. The van der Waals surface area contributed by atoms with Gasteiger partial charge in [0.2, 0.25) is 0 Å². The first kappa shape index (κ1) is 13.4. The third-order valence-corrected chi connectivity index (χ3v) is 3.78. The molecule has 1 saturated carbocycles. The van der Waals surface area contributed by atoms with Crippen molar-refractivity contribution >= 4 is 17.5 Å². The Balaban J connectivity index is 2.06. The lowest BCUT2D eigenvalue weighted by molar-refractivity contribution is 0.0912. The van der Waals surface area contributed by atoms with Crippen LogP contribution in [0.4, 0.5) is 0 Å². The van der Waals surface area contributed by atoms with E-state index in [9.17, 15) is 4.79 Å². The van der Waals surface area contributed by atoms with Gasteiger partial charge in [-0.2, -0.15) is 0 Å². The number of nitrogens with one attached hydrogen (secondary N) is 1. The zero-order valence-electron chi connectivity index (χ0n) is 10.7. The van der Waals surface area contributed by atoms with Crippen molar-refractivity contribution in [2.24, 2.45) is 5.73 Å². The number of hydrogen-bond donors (Lipinski definition) is 2. The van der Waals surface area contributed by atoms with E-state index in [0.717, 1.165) is 32.2 Å². The lowest BCUT2D eigenvalue weighted by Crippen LogP contribution is -2.49. The fourth-order valence-corrected chi connectivity index (χ4v) is 2.73. The van der Waals surface area contributed by atoms with Crippen molar-refractivity contribution in [2.75, 3.05) is 0 Å². The minimum absolute atomic E-state index is 0.0724. The van der Waals surface area contributed by atoms with Gasteiger partial charge in [0.05, 0.1) is 5.02 Å². The van der Waals surface area contributed by atoms with E-state index in [1.54, 1.807) is 12.3 Å². The topological polar surface area (TPSA) is 60.0 Å². The van der Waals surface area contributed by atoms with Crippen molar-refractivity contribution in [2.45, 2.75) is 51.2 Å². The maximum Gasteiger partial charge on any atom is 0.268 e. The molecule has 1 amide bonds. The summed E-state index contributed by atoms with van der Waals surface area (Å²) in [6, 6.07) is 1.86. The van der Waals surface area contributed by atoms with Gasteiger partial charge in [0.1, 0.15) is 5.69 Å². The fourth-order valence-electron chi connectivity index (χ4n) is 2.51. The fraction of sp³-hybridized carbons (Fsp3) is 0.615. The van der Waals surface area contributed by atoms with Crippen LogP contribution in [0.2, 0.25) is 5.02 Å². The number of nitrogens with two attached hydrogens (primary N) is 1. The molecule has 1 fully saturated rings. The highest BCUT2D eigenvalue weighted by molar-refractivity contribution is 6.31. The molecule has 0 aliphatic heterocycles. The van der Waals surface area contributed by atoms with Crippen molar-refractivity contribution < 1.29 is 4.79 Å². The van der Waals surface area contributed by atoms with Crippen LogP contribution in [-0.4, -0.2) is 22.6 Å². The Hall–Kier alpha value is -1.00. The van der Waals surface area contributed by atoms with Gasteiger partial charge in [-0.3, -0.25) is 4.79 Å². The van der Waals surface area contributed by atoms with Crippen LogP contribution in [0.5, 0.6) is 0 Å². The molecule has 1 heterocycles. The van der Waals surface area contributed by atoms with Gasteiger partial charge in [0.15, 0.2) is 0 Å². The highest BCUT2D eigenvalue weighted by Crippen LogP contribution is 2.19. The van der Waals surface area contributed by atoms with Gasteiger partial charge in [-0.15, -0.1) is 0 Å². The van der Waals surface area contributed by atoms with Crippen LogP contribution in [0.25, 0.3) is 0 Å². The molecule has 0 unspecified atom stereocenters. The third-order valence-electron chi connectivity index (χ3n) is 3.57. The Morgan fingerprint density at radius 3 is 2.94 bits per heavy atom. The molecule has 1 aliphatic carbocycles. The summed E-state index contributed by atoms with van der Waals surface area (Å²) in [7, 11) is 0. The summed E-state index contributed by atoms with van der Waals surface area (Å²) < 4.78 is 1.85. The number of rotatable bonds is 3. The number of aryl methyl sites for hydroxylation is 1. The second-order valence-electron chi connectivity index (χ2n) is 4.86. The summed E-state index contributed by atoms with van der Waals surface area (Å²) in [4.78, 5) is 12.2. The van der Waals surface area contributed by atoms with Crippen LogP contribution in [0.3, 0.4) is 0 Å². The lowest BCUT2D eigenvalue weighted by atomic mass is 9.91. The maximum absolute atomic E-state index is 12.2. The molecule has 0 spiro atoms. The number of hydrogen-bond acceptors (Lipinski definition) is 2. The molecular formula is C13H20ClN3O. The number of halogens is 1. The monoisotopic (exact) mass is 269 g/mol. The highest BCUT2D eigenvalue weighted by atomic mass is 35.5. The summed E-state index contributed by atoms with van der Waals surface area (Å²) in [5.41, 5.74) is 6.64. The van der Waals surface area contributed by atoms with Crippen LogP contribution >= 0.6 is 11.6 Å². The van der Waals surface area contributed by atoms with Gasteiger partial charge >= 0.3 is 0 Å². The minimum Gasteiger partial charge on any atom is -0.346 e. The Kier molecular flexibility index (Phi) is 4.30. The standard InChI is InChI=1S/C13H20ClN3O/c1-2-17-8-9(14)7-12(17)13(18)16-11-6-4-3-5-10(11)15/h7-8,10-11H,2-6,15H2,1H3,(H,16,18)/t10-,11-/m1/s1. The molecule has 0 bridgehead atoms. The second-order valence-corrected chi connectivity index (χ2v) is 5.29. The first-order valence-corrected chi connectivity index (χ1v) is 6.91. The van der Waals surface area contributed by atoms with Gasteiger partial charge < -0.3 is 15.6 Å². The van der Waals surface area contributed by atoms with E-state index in [1.165, 1.54) is 0 Å². The Bertz CT molecular complexity index is 430. The van der Waals surface area contributed by atoms with Crippen LogP contribution in [0.1, 0.15) is 43.1 Å². The quantitative estimate of drug-likeness (QED) is 0.883. The van der Waals surface area contributed by atoms with E-state index < -0.39 is 0 Å². The van der Waals surface area contributed by atoms with Gasteiger partial charge in [-0.1, -0.05) is 24.4 Å². The van der Waals surface area contributed by atoms with Gasteiger partial charge in [0.25, 0.3) is 5.91 Å². The lowest BCUT2D eigenvalue weighted by Gasteiger charge is -2.29. The van der Waals surface area contributed by atoms with Crippen molar-refractivity contribution in [1.82, 2.24) is 9.88 Å². The number of carbonyl (C=O) groups is 1. The SMILES string of the molecule is CCn1cc(Cl)cc1C(=O)N[C@@H]1CCCC[C@H]1N. The normalized spacial score (nSPS) is 23.9. The minimum atomic E-state index is -0.0777. The van der Waals surface area contributed by atoms with E-state index in [2.05, 4.69) is 5.32 Å². The molecule has 4 nitrogen and oxygen atoms in total. The van der Waals surface area contributed by atoms with Crippen molar-refractivity contribution in [3.63, 3.8) is 0 Å². The van der Waals surface area contributed by atoms with Crippen LogP contribution in [0.15, 0.2) is 12.3 Å². The zero-order valence-corrected chi connectivity index (χ0v) is 11.4. The average Bonchev–Trinajstić information content (AvgIpc) is 2.73. The van der Waals surface area contributed by atoms with E-state index in [4.69, 9.17) is 17.3 Å². The predicted octanol–water partition coefficient (Wildman–Crippen LogP) is 2.16. The molecule has 2 rings (SSSR count). The van der Waals surface area contributed by atoms with E-state index in [0.29, 0.717) is 10.7 Å². The molecule has 100 valence electrons. The summed E-state index contributed by atoms with van der Waals surface area (Å²) in [5.74, 6) is -0.0777. The smallest absolute Gasteiger partial charge is 0.268 e. The van der Waals surface area contributed by atoms with Crippen LogP contribution in [-0.2, 0) is 6.54 Å². The maximum atomic E-state index is 12.2. The predicted molar refractivity (Wildman–Crippen MR) is 72.8 cm³/mol. The molecule has 0 aromatic carbocycles. The molecule has 18 heavy (non-hydrogen) atoms. The Labute approximate surface area is 112 Å². The molecule has 5 heteroatoms. The average molecular weight is 270 g/mol. The third kappa shape index (κ3) is 2.87. The molecular weight excluding hydrogens is 250 g/mol. The number of carbonyl (C=O) groups excluding carboxylic acids is 1. The first-order chi connectivity index (χ1) is 8.61. The summed E-state index contributed by atoms with van der Waals surface area (Å²) in [5, 5.41) is 3.62. The number of amides is 1. The molecule has 0 saturated heterocycles. The largest absolute Gasteiger partial charge is 0.346 e. The van der Waals surface area contributed by atoms with E-state index >= 15 is 0 Å². The molecule has 1 aromatic rings. The Morgan fingerprint density at radius 1 is 1.56 bits per heavy atom. The van der Waals surface area contributed by atoms with Crippen molar-refractivity contribution in [1.29, 1.82) is 0 Å². The van der Waals surface area contributed by atoms with Crippen molar-refractivity contribution in [3.8, 4) is 0 Å². The molecule has 1 aliphatic rings. The highest BCUT2D eigenvalue weighted by Gasteiger charge is 2.24. The molecule has 0 radical (unpaired) electrons. The first-order valence-electron chi connectivity index (χ1n) is 6.54. The summed E-state index contributed by atoms with van der Waals surface area (Å²) in [6.45, 7) is 2.71. The van der Waals surface area contributed by atoms with E-state index in [-0.39, 0.29) is 18.0 Å². The van der Waals surface area contributed by atoms with Crippen LogP contribution < -0.4 is 11.1 Å². The number of nitrogens with zero attached hydrogens (tertiary/aromatic N) is 1. The molecule has 2 atom stereocenters. The van der Waals surface area contributed by atoms with Crippen LogP contribution in [0, 0.1) is 0 Å². The zero-order chi connectivity index (χ0) is 13.1. The van der Waals surface area contributed by atoms with Gasteiger partial charge in [-0.05, 0) is 25.8 Å². The van der Waals surface area contributed by atoms with E-state index in [1.807, 2.05) is 11.5 Å². The summed E-state index contributed by atoms with van der Waals surface area (Å²) in [6.07, 6.45) is 6.02. The van der Waals surface area contributed by atoms with Gasteiger partial charge in [-0.25, -0.2) is 0 Å². The second kappa shape index (κ2) is 5.76. The summed E-state index contributed by atoms with van der Waals surface area (Å²) >= 11 is 5.93. The molecule has 1 aromatic heterocycles.